The monoisotopic (exact) mass is 320 g/mol. The van der Waals surface area contributed by atoms with E-state index in [1.54, 1.807) is 0 Å². The summed E-state index contributed by atoms with van der Waals surface area (Å²) in [6.45, 7) is 3.25. The molecule has 0 radical (unpaired) electrons. The van der Waals surface area contributed by atoms with Crippen LogP contribution in [0.2, 0.25) is 0 Å². The largest absolute Gasteiger partial charge is 0.490 e. The fourth-order valence-electron chi connectivity index (χ4n) is 2.00. The van der Waals surface area contributed by atoms with E-state index in [1.807, 2.05) is 31.2 Å². The molecule has 0 N–H and O–H groups in total. The Morgan fingerprint density at radius 1 is 1.05 bits per heavy atom. The van der Waals surface area contributed by atoms with Crippen LogP contribution in [-0.2, 0) is 0 Å². The lowest BCUT2D eigenvalue weighted by Crippen LogP contribution is -1.97. The highest BCUT2D eigenvalue weighted by molar-refractivity contribution is 9.10. The number of rotatable bonds is 1. The summed E-state index contributed by atoms with van der Waals surface area (Å²) in [6, 6.07) is 7.78. The summed E-state index contributed by atoms with van der Waals surface area (Å²) >= 11 is 3.39. The molecule has 5 heteroatoms. The molecule has 19 heavy (non-hydrogen) atoms. The Morgan fingerprint density at radius 3 is 2.63 bits per heavy atom. The van der Waals surface area contributed by atoms with Crippen molar-refractivity contribution in [2.45, 2.75) is 13.3 Å². The molecule has 98 valence electrons. The third kappa shape index (κ3) is 2.71. The molecule has 0 saturated heterocycles. The molecule has 0 unspecified atom stereocenters. The van der Waals surface area contributed by atoms with E-state index < -0.39 is 0 Å². The maximum atomic E-state index is 5.69. The predicted molar refractivity (Wildman–Crippen MR) is 75.5 cm³/mol. The first kappa shape index (κ1) is 12.4. The first-order chi connectivity index (χ1) is 9.22. The predicted octanol–water partition coefficient (Wildman–Crippen LogP) is 3.38. The fourth-order valence-corrected chi connectivity index (χ4v) is 2.48. The zero-order chi connectivity index (χ0) is 13.2. The van der Waals surface area contributed by atoms with Crippen LogP contribution >= 0.6 is 15.9 Å². The van der Waals surface area contributed by atoms with Gasteiger partial charge in [-0.25, -0.2) is 9.97 Å². The van der Waals surface area contributed by atoms with Crippen molar-refractivity contribution in [3.05, 3.63) is 34.7 Å². The highest BCUT2D eigenvalue weighted by atomic mass is 79.9. The summed E-state index contributed by atoms with van der Waals surface area (Å²) in [5.74, 6) is 2.31. The highest BCUT2D eigenvalue weighted by Gasteiger charge is 2.12. The van der Waals surface area contributed by atoms with E-state index in [1.165, 1.54) is 0 Å². The smallest absolute Gasteiger partial charge is 0.161 e. The average molecular weight is 321 g/mol. The molecule has 1 aromatic carbocycles. The van der Waals surface area contributed by atoms with Crippen molar-refractivity contribution in [3.63, 3.8) is 0 Å². The third-order valence-electron chi connectivity index (χ3n) is 2.85. The lowest BCUT2D eigenvalue weighted by Gasteiger charge is -2.09. The van der Waals surface area contributed by atoms with Gasteiger partial charge in [-0.2, -0.15) is 0 Å². The van der Waals surface area contributed by atoms with Crippen molar-refractivity contribution in [3.8, 4) is 22.8 Å². The van der Waals surface area contributed by atoms with E-state index in [4.69, 9.17) is 9.47 Å². The first-order valence-electron chi connectivity index (χ1n) is 6.13. The van der Waals surface area contributed by atoms with E-state index in [-0.39, 0.29) is 0 Å². The van der Waals surface area contributed by atoms with E-state index in [9.17, 15) is 0 Å². The van der Waals surface area contributed by atoms with E-state index >= 15 is 0 Å². The molecule has 0 aliphatic carbocycles. The average Bonchev–Trinajstić information content (AvgIpc) is 2.61. The zero-order valence-electron chi connectivity index (χ0n) is 10.5. The molecule has 1 aliphatic heterocycles. The van der Waals surface area contributed by atoms with Crippen molar-refractivity contribution in [2.24, 2.45) is 0 Å². The van der Waals surface area contributed by atoms with Gasteiger partial charge in [-0.1, -0.05) is 0 Å². The molecule has 0 fully saturated rings. The molecular formula is C14H13BrN2O2. The second-order valence-electron chi connectivity index (χ2n) is 4.34. The summed E-state index contributed by atoms with van der Waals surface area (Å²) in [4.78, 5) is 8.65. The minimum atomic E-state index is 0.683. The summed E-state index contributed by atoms with van der Waals surface area (Å²) in [5.41, 5.74) is 1.87. The van der Waals surface area contributed by atoms with Gasteiger partial charge >= 0.3 is 0 Å². The van der Waals surface area contributed by atoms with Gasteiger partial charge in [0.25, 0.3) is 0 Å². The van der Waals surface area contributed by atoms with Crippen LogP contribution in [0.3, 0.4) is 0 Å². The minimum absolute atomic E-state index is 0.683. The summed E-state index contributed by atoms with van der Waals surface area (Å²) < 4.78 is 12.1. The molecule has 3 rings (SSSR count). The number of aromatic nitrogens is 2. The summed E-state index contributed by atoms with van der Waals surface area (Å²) in [7, 11) is 0. The molecule has 0 amide bonds. The van der Waals surface area contributed by atoms with Crippen LogP contribution in [-0.4, -0.2) is 23.2 Å². The second kappa shape index (κ2) is 5.17. The van der Waals surface area contributed by atoms with Crippen molar-refractivity contribution in [2.75, 3.05) is 13.2 Å². The quantitative estimate of drug-likeness (QED) is 0.756. The van der Waals surface area contributed by atoms with Crippen molar-refractivity contribution < 1.29 is 9.47 Å². The normalized spacial score (nSPS) is 14.0. The molecule has 0 bridgehead atoms. The lowest BCUT2D eigenvalue weighted by atomic mass is 10.1. The number of hydrogen-bond acceptors (Lipinski definition) is 4. The van der Waals surface area contributed by atoms with Crippen LogP contribution in [0.25, 0.3) is 11.3 Å². The van der Waals surface area contributed by atoms with Crippen LogP contribution < -0.4 is 9.47 Å². The topological polar surface area (TPSA) is 44.2 Å². The maximum Gasteiger partial charge on any atom is 0.161 e. The standard InChI is InChI=1S/C14H13BrN2O2/c1-9-16-11(8-14(15)17-9)10-3-4-12-13(7-10)19-6-2-5-18-12/h3-4,7-8H,2,5-6H2,1H3. The van der Waals surface area contributed by atoms with Gasteiger partial charge < -0.3 is 9.47 Å². The number of nitrogens with zero attached hydrogens (tertiary/aromatic N) is 2. The number of halogens is 1. The Bertz CT molecular complexity index is 596. The first-order valence-corrected chi connectivity index (χ1v) is 6.93. The van der Waals surface area contributed by atoms with E-state index in [2.05, 4.69) is 25.9 Å². The molecule has 2 aromatic rings. The Balaban J connectivity index is 2.03. The van der Waals surface area contributed by atoms with Gasteiger partial charge in [-0.15, -0.1) is 0 Å². The van der Waals surface area contributed by atoms with Gasteiger partial charge in [0, 0.05) is 12.0 Å². The van der Waals surface area contributed by atoms with E-state index in [0.29, 0.717) is 13.2 Å². The summed E-state index contributed by atoms with van der Waals surface area (Å²) in [6.07, 6.45) is 0.905. The van der Waals surface area contributed by atoms with Gasteiger partial charge in [0.2, 0.25) is 0 Å². The third-order valence-corrected chi connectivity index (χ3v) is 3.26. The number of aryl methyl sites for hydroxylation is 1. The van der Waals surface area contributed by atoms with Crippen LogP contribution in [0.4, 0.5) is 0 Å². The van der Waals surface area contributed by atoms with Crippen LogP contribution in [0, 0.1) is 6.92 Å². The Kier molecular flexibility index (Phi) is 3.38. The highest BCUT2D eigenvalue weighted by Crippen LogP contribution is 2.34. The lowest BCUT2D eigenvalue weighted by molar-refractivity contribution is 0.297. The van der Waals surface area contributed by atoms with Gasteiger partial charge in [-0.3, -0.25) is 0 Å². The Hall–Kier alpha value is -1.62. The second-order valence-corrected chi connectivity index (χ2v) is 5.15. The molecular weight excluding hydrogens is 308 g/mol. The Labute approximate surface area is 119 Å². The maximum absolute atomic E-state index is 5.69. The number of benzene rings is 1. The van der Waals surface area contributed by atoms with Gasteiger partial charge in [0.05, 0.1) is 18.9 Å². The number of ether oxygens (including phenoxy) is 2. The van der Waals surface area contributed by atoms with Crippen LogP contribution in [0.15, 0.2) is 28.9 Å². The number of hydrogen-bond donors (Lipinski definition) is 0. The molecule has 4 nitrogen and oxygen atoms in total. The van der Waals surface area contributed by atoms with Gasteiger partial charge in [-0.05, 0) is 47.1 Å². The SMILES string of the molecule is Cc1nc(Br)cc(-c2ccc3c(c2)OCCCO3)n1. The molecule has 0 saturated carbocycles. The Morgan fingerprint density at radius 2 is 1.84 bits per heavy atom. The van der Waals surface area contributed by atoms with Crippen molar-refractivity contribution in [1.29, 1.82) is 0 Å². The minimum Gasteiger partial charge on any atom is -0.490 e. The fraction of sp³-hybridized carbons (Fsp3) is 0.286. The summed E-state index contributed by atoms with van der Waals surface area (Å²) in [5, 5.41) is 0. The van der Waals surface area contributed by atoms with Crippen LogP contribution in [0.5, 0.6) is 11.5 Å². The number of fused-ring (bicyclic) bond motifs is 1. The van der Waals surface area contributed by atoms with Gasteiger partial charge in [0.15, 0.2) is 11.5 Å². The molecule has 0 atom stereocenters. The molecule has 0 spiro atoms. The molecule has 1 aliphatic rings. The van der Waals surface area contributed by atoms with Crippen LogP contribution in [0.1, 0.15) is 12.2 Å². The van der Waals surface area contributed by atoms with E-state index in [0.717, 1.165) is 39.6 Å². The van der Waals surface area contributed by atoms with Crippen molar-refractivity contribution >= 4 is 15.9 Å². The molecule has 2 heterocycles. The van der Waals surface area contributed by atoms with Crippen molar-refractivity contribution in [1.82, 2.24) is 9.97 Å². The zero-order valence-corrected chi connectivity index (χ0v) is 12.1. The molecule has 1 aromatic heterocycles. The van der Waals surface area contributed by atoms with Gasteiger partial charge in [0.1, 0.15) is 10.4 Å².